The zero-order valence-corrected chi connectivity index (χ0v) is 13.2. The third-order valence-corrected chi connectivity index (χ3v) is 3.69. The molecule has 0 saturated carbocycles. The molecule has 4 N–H and O–H groups in total. The molecule has 0 atom stereocenters. The molecule has 0 unspecified atom stereocenters. The molecule has 0 aliphatic carbocycles. The maximum Gasteiger partial charge on any atom is 0.159 e. The number of rotatable bonds is 4. The Kier molecular flexibility index (Phi) is 4.71. The van der Waals surface area contributed by atoms with Crippen molar-refractivity contribution in [3.05, 3.63) is 84.1 Å². The normalized spacial score (nSPS) is 12.2. The van der Waals surface area contributed by atoms with Gasteiger partial charge < -0.3 is 16.1 Å². The number of oxime groups is 2. The smallest absolute Gasteiger partial charge is 0.159 e. The lowest BCUT2D eigenvalue weighted by Crippen LogP contribution is -2.20. The summed E-state index contributed by atoms with van der Waals surface area (Å²) in [5.41, 5.74) is 8.76. The van der Waals surface area contributed by atoms with Crippen LogP contribution in [0.4, 0.5) is 5.69 Å². The summed E-state index contributed by atoms with van der Waals surface area (Å²) >= 11 is 0. The van der Waals surface area contributed by atoms with Gasteiger partial charge in [-0.15, -0.1) is 0 Å². The van der Waals surface area contributed by atoms with Crippen LogP contribution >= 0.6 is 0 Å². The van der Waals surface area contributed by atoms with E-state index >= 15 is 0 Å². The molecule has 25 heavy (non-hydrogen) atoms. The Labute approximate surface area is 144 Å². The Morgan fingerprint density at radius 3 is 1.96 bits per heavy atom. The van der Waals surface area contributed by atoms with Crippen LogP contribution in [-0.4, -0.2) is 26.8 Å². The van der Waals surface area contributed by atoms with Crippen molar-refractivity contribution < 1.29 is 10.4 Å². The van der Waals surface area contributed by atoms with Crippen molar-refractivity contribution in [2.75, 3.05) is 5.73 Å². The minimum atomic E-state index is -0.0102. The van der Waals surface area contributed by atoms with Gasteiger partial charge in [-0.3, -0.25) is 0 Å². The lowest BCUT2D eigenvalue weighted by Gasteiger charge is -2.11. The molecule has 3 rings (SSSR count). The summed E-state index contributed by atoms with van der Waals surface area (Å²) in [4.78, 5) is 4.50. The molecule has 0 spiro atoms. The first-order valence-corrected chi connectivity index (χ1v) is 7.57. The Morgan fingerprint density at radius 2 is 1.36 bits per heavy atom. The molecule has 6 nitrogen and oxygen atoms in total. The van der Waals surface area contributed by atoms with E-state index in [9.17, 15) is 10.4 Å². The van der Waals surface area contributed by atoms with Crippen LogP contribution in [0.15, 0.2) is 83.1 Å². The fourth-order valence-corrected chi connectivity index (χ4v) is 2.47. The van der Waals surface area contributed by atoms with E-state index in [2.05, 4.69) is 15.3 Å². The van der Waals surface area contributed by atoms with E-state index in [1.54, 1.807) is 36.4 Å². The van der Waals surface area contributed by atoms with E-state index in [1.807, 2.05) is 36.4 Å². The van der Waals surface area contributed by atoms with Crippen molar-refractivity contribution in [3.8, 4) is 11.3 Å². The van der Waals surface area contributed by atoms with Gasteiger partial charge in [-0.05, 0) is 12.1 Å². The number of benzene rings is 2. The van der Waals surface area contributed by atoms with Crippen LogP contribution in [0.3, 0.4) is 0 Å². The lowest BCUT2D eigenvalue weighted by molar-refractivity contribution is 0.314. The highest BCUT2D eigenvalue weighted by molar-refractivity contribution is 6.53. The molecule has 0 aliphatic heterocycles. The van der Waals surface area contributed by atoms with Gasteiger partial charge in [0.05, 0.1) is 11.4 Å². The Morgan fingerprint density at radius 1 is 0.760 bits per heavy atom. The number of anilines is 1. The molecule has 2 aromatic carbocycles. The molecule has 0 fully saturated rings. The van der Waals surface area contributed by atoms with E-state index in [-0.39, 0.29) is 17.1 Å². The van der Waals surface area contributed by atoms with Gasteiger partial charge >= 0.3 is 0 Å². The van der Waals surface area contributed by atoms with Crippen molar-refractivity contribution in [1.29, 1.82) is 0 Å². The summed E-state index contributed by atoms with van der Waals surface area (Å²) in [5.74, 6) is 0. The van der Waals surface area contributed by atoms with Crippen molar-refractivity contribution >= 4 is 17.1 Å². The molecule has 0 saturated heterocycles. The number of aromatic nitrogens is 1. The van der Waals surface area contributed by atoms with Gasteiger partial charge in [-0.25, -0.2) is 4.98 Å². The topological polar surface area (TPSA) is 104 Å². The summed E-state index contributed by atoms with van der Waals surface area (Å²) in [5, 5.41) is 25.5. The maximum atomic E-state index is 9.53. The van der Waals surface area contributed by atoms with Crippen molar-refractivity contribution in [2.45, 2.75) is 0 Å². The fraction of sp³-hybridized carbons (Fsp3) is 0. The van der Waals surface area contributed by atoms with Gasteiger partial charge in [-0.2, -0.15) is 0 Å². The molecule has 1 heterocycles. The molecule has 3 aromatic rings. The van der Waals surface area contributed by atoms with Crippen LogP contribution in [0, 0.1) is 0 Å². The van der Waals surface area contributed by atoms with Crippen molar-refractivity contribution in [3.63, 3.8) is 0 Å². The van der Waals surface area contributed by atoms with E-state index in [0.29, 0.717) is 16.9 Å². The highest BCUT2D eigenvalue weighted by Crippen LogP contribution is 2.21. The average Bonchev–Trinajstić information content (AvgIpc) is 2.68. The lowest BCUT2D eigenvalue weighted by atomic mass is 10.0. The molecule has 0 aliphatic rings. The quantitative estimate of drug-likeness (QED) is 0.387. The second kappa shape index (κ2) is 7.27. The molecule has 1 aromatic heterocycles. The second-order valence-corrected chi connectivity index (χ2v) is 5.26. The van der Waals surface area contributed by atoms with E-state index in [4.69, 9.17) is 5.73 Å². The number of hydrogen-bond donors (Lipinski definition) is 3. The predicted molar refractivity (Wildman–Crippen MR) is 97.2 cm³/mol. The van der Waals surface area contributed by atoms with Crippen LogP contribution in [0.2, 0.25) is 0 Å². The molecule has 6 heteroatoms. The van der Waals surface area contributed by atoms with Crippen LogP contribution < -0.4 is 5.73 Å². The molecule has 124 valence electrons. The summed E-state index contributed by atoms with van der Waals surface area (Å²) in [6.45, 7) is 0. The first-order valence-electron chi connectivity index (χ1n) is 7.57. The van der Waals surface area contributed by atoms with Crippen LogP contribution in [0.25, 0.3) is 11.3 Å². The van der Waals surface area contributed by atoms with Crippen LogP contribution in [0.1, 0.15) is 11.3 Å². The molecular weight excluding hydrogens is 316 g/mol. The fourth-order valence-electron chi connectivity index (χ4n) is 2.47. The number of nitrogens with two attached hydrogens (primary N) is 1. The molecule has 0 radical (unpaired) electrons. The Bertz CT molecular complexity index is 923. The minimum absolute atomic E-state index is 0.0102. The molecule has 0 amide bonds. The van der Waals surface area contributed by atoms with Gasteiger partial charge in [-0.1, -0.05) is 71.0 Å². The van der Waals surface area contributed by atoms with E-state index in [1.165, 1.54) is 0 Å². The van der Waals surface area contributed by atoms with Gasteiger partial charge in [0.25, 0.3) is 0 Å². The third kappa shape index (κ3) is 3.32. The Hall–Kier alpha value is -3.67. The maximum absolute atomic E-state index is 9.53. The summed E-state index contributed by atoms with van der Waals surface area (Å²) in [6, 6.07) is 21.9. The largest absolute Gasteiger partial charge is 0.410 e. The average molecular weight is 332 g/mol. The summed E-state index contributed by atoms with van der Waals surface area (Å²) < 4.78 is 0. The van der Waals surface area contributed by atoms with Gasteiger partial charge in [0.2, 0.25) is 0 Å². The zero-order valence-electron chi connectivity index (χ0n) is 13.2. The number of hydrogen-bond acceptors (Lipinski definition) is 6. The number of pyridine rings is 1. The minimum Gasteiger partial charge on any atom is -0.410 e. The third-order valence-electron chi connectivity index (χ3n) is 3.69. The molecule has 0 bridgehead atoms. The van der Waals surface area contributed by atoms with Crippen molar-refractivity contribution in [2.24, 2.45) is 10.3 Å². The highest BCUT2D eigenvalue weighted by Gasteiger charge is 2.20. The predicted octanol–water partition coefficient (Wildman–Crippen LogP) is 3.39. The standard InChI is InChI=1S/C19H16N4O2/c20-15-11-12-16(13-7-3-1-4-8-13)21-18(15)19(23-25)17(22-24)14-9-5-2-6-10-14/h1-12,24-25H,20H2/b22-17+,23-19+. The van der Waals surface area contributed by atoms with E-state index in [0.717, 1.165) is 5.56 Å². The van der Waals surface area contributed by atoms with Gasteiger partial charge in [0.1, 0.15) is 11.4 Å². The molecular formula is C19H16N4O2. The monoisotopic (exact) mass is 332 g/mol. The highest BCUT2D eigenvalue weighted by atomic mass is 16.4. The number of nitrogens with zero attached hydrogens (tertiary/aromatic N) is 3. The van der Waals surface area contributed by atoms with Crippen LogP contribution in [0.5, 0.6) is 0 Å². The zero-order chi connectivity index (χ0) is 17.6. The van der Waals surface area contributed by atoms with E-state index < -0.39 is 0 Å². The SMILES string of the molecule is Nc1ccc(-c2ccccc2)nc1C(=N/O)/C(=N/O)c1ccccc1. The van der Waals surface area contributed by atoms with Gasteiger partial charge in [0.15, 0.2) is 5.71 Å². The van der Waals surface area contributed by atoms with Crippen LogP contribution in [-0.2, 0) is 0 Å². The first kappa shape index (κ1) is 16.2. The first-order chi connectivity index (χ1) is 12.2. The second-order valence-electron chi connectivity index (χ2n) is 5.26. The Balaban J connectivity index is 2.10. The summed E-state index contributed by atoms with van der Waals surface area (Å²) in [7, 11) is 0. The van der Waals surface area contributed by atoms with Crippen molar-refractivity contribution in [1.82, 2.24) is 4.98 Å². The van der Waals surface area contributed by atoms with Gasteiger partial charge in [0, 0.05) is 11.1 Å². The number of nitrogen functional groups attached to an aromatic ring is 1. The summed E-state index contributed by atoms with van der Waals surface area (Å²) in [6.07, 6.45) is 0.